The van der Waals surface area contributed by atoms with E-state index in [9.17, 15) is 0 Å². The Bertz CT molecular complexity index is 2770. The third kappa shape index (κ3) is 4.54. The molecule has 0 radical (unpaired) electrons. The van der Waals surface area contributed by atoms with E-state index in [1.54, 1.807) is 36.4 Å². The normalized spacial score (nSPS) is 16.6. The van der Waals surface area contributed by atoms with Gasteiger partial charge in [-0.2, -0.15) is 9.97 Å². The molecule has 184 valence electrons. The van der Waals surface area contributed by atoms with Crippen LogP contribution in [0.3, 0.4) is 0 Å². The molecule has 0 aliphatic carbocycles. The molecule has 0 saturated heterocycles. The van der Waals surface area contributed by atoms with Crippen LogP contribution in [-0.2, 0) is 0 Å². The zero-order valence-corrected chi connectivity index (χ0v) is 20.5. The fourth-order valence-electron chi connectivity index (χ4n) is 4.14. The Labute approximate surface area is 252 Å². The Morgan fingerprint density at radius 3 is 1.97 bits per heavy atom. The van der Waals surface area contributed by atoms with Gasteiger partial charge < -0.3 is 0 Å². The van der Waals surface area contributed by atoms with Crippen molar-refractivity contribution in [3.63, 3.8) is 0 Å². The van der Waals surface area contributed by atoms with Crippen LogP contribution in [0.1, 0.15) is 20.6 Å². The van der Waals surface area contributed by atoms with Gasteiger partial charge in [0.05, 0.1) is 20.6 Å². The van der Waals surface area contributed by atoms with Gasteiger partial charge in [0.25, 0.3) is 0 Å². The van der Waals surface area contributed by atoms with Crippen LogP contribution in [0.25, 0.3) is 66.6 Å². The molecule has 0 spiro atoms. The van der Waals surface area contributed by atoms with Gasteiger partial charge in [-0.05, 0) is 67.5 Å². The van der Waals surface area contributed by atoms with Crippen molar-refractivity contribution < 1.29 is 20.6 Å². The fraction of sp³-hybridized carbons (Fsp3) is 0. The van der Waals surface area contributed by atoms with Crippen molar-refractivity contribution in [1.29, 1.82) is 0 Å². The molecule has 0 aliphatic heterocycles. The first kappa shape index (κ1) is 12.3. The molecule has 7 aromatic rings. The molecule has 0 amide bonds. The zero-order valence-electron chi connectivity index (χ0n) is 34.8. The molecule has 0 saturated carbocycles. The predicted octanol–water partition coefficient (Wildman–Crippen LogP) is 9.50. The van der Waals surface area contributed by atoms with E-state index in [0.29, 0.717) is 21.9 Å². The summed E-state index contributed by atoms with van der Waals surface area (Å²) in [5, 5.41) is 0.440. The van der Waals surface area contributed by atoms with Crippen LogP contribution in [0.15, 0.2) is 133 Å². The lowest BCUT2D eigenvalue weighted by atomic mass is 9.97. The average Bonchev–Trinajstić information content (AvgIpc) is 3.14. The zero-order chi connectivity index (χ0) is 39.2. The van der Waals surface area contributed by atoms with E-state index in [4.69, 9.17) is 32.2 Å². The van der Waals surface area contributed by atoms with Crippen molar-refractivity contribution in [3.8, 4) is 45.0 Å². The van der Waals surface area contributed by atoms with Gasteiger partial charge in [-0.3, -0.25) is 0 Å². The van der Waals surface area contributed by atoms with E-state index in [1.807, 2.05) is 0 Å². The summed E-state index contributed by atoms with van der Waals surface area (Å²) in [4.78, 5) is 12.8. The summed E-state index contributed by atoms with van der Waals surface area (Å²) in [6.45, 7) is 0. The Morgan fingerprint density at radius 2 is 1.13 bits per heavy atom. The Balaban J connectivity index is 1.35. The van der Waals surface area contributed by atoms with Crippen molar-refractivity contribution in [2.75, 3.05) is 0 Å². The SMILES string of the molecule is [2H]c1cc(-c2c([2H])c([2H])c([2H])c3c([2H])c([2H])c([2H])c([2H])c23)c([2H])c([2H])c1-c1nc(Cl)nc(-c2ccc3cc(-c4c([2H])c([2H])c([2H])c([2H])c4[2H])ccc3c2)n1. The molecule has 6 aromatic carbocycles. The van der Waals surface area contributed by atoms with Gasteiger partial charge in [-0.25, -0.2) is 4.98 Å². The standard InChI is InChI=1S/C35H22ClN3/c36-35-38-33(26-15-13-25(14-16-26)32-12-6-10-24-9-4-5-11-31(24)32)37-34(39-35)30-20-19-28-21-27(17-18-29(28)22-30)23-7-2-1-3-8-23/h1-22H/i1D,2D,3D,4D,5D,6D,7D,8D,9D,10D,11D,12D,13D,15D,16D. The second-order valence-corrected chi connectivity index (χ2v) is 8.69. The van der Waals surface area contributed by atoms with Crippen LogP contribution in [0.5, 0.6) is 0 Å². The summed E-state index contributed by atoms with van der Waals surface area (Å²) in [5.74, 6) is -0.173. The molecule has 39 heavy (non-hydrogen) atoms. The van der Waals surface area contributed by atoms with Crippen LogP contribution in [0, 0.1) is 0 Å². The van der Waals surface area contributed by atoms with E-state index in [0.717, 1.165) is 6.07 Å². The highest BCUT2D eigenvalue weighted by Crippen LogP contribution is 2.31. The lowest BCUT2D eigenvalue weighted by Crippen LogP contribution is -1.97. The third-order valence-corrected chi connectivity index (χ3v) is 6.15. The molecule has 0 unspecified atom stereocenters. The number of benzene rings is 6. The highest BCUT2D eigenvalue weighted by molar-refractivity contribution is 6.28. The molecule has 4 heteroatoms. The molecule has 0 fully saturated rings. The minimum atomic E-state index is -0.654. The van der Waals surface area contributed by atoms with E-state index >= 15 is 0 Å². The Hall–Kier alpha value is -4.86. The molecular formula is C35H22ClN3. The fourth-order valence-corrected chi connectivity index (χ4v) is 4.30. The maximum atomic E-state index is 8.93. The van der Waals surface area contributed by atoms with Crippen LogP contribution < -0.4 is 0 Å². The van der Waals surface area contributed by atoms with Crippen molar-refractivity contribution in [2.24, 2.45) is 0 Å². The summed E-state index contributed by atoms with van der Waals surface area (Å²) < 4.78 is 126. The maximum absolute atomic E-state index is 8.93. The van der Waals surface area contributed by atoms with Gasteiger partial charge >= 0.3 is 0 Å². The lowest BCUT2D eigenvalue weighted by Gasteiger charge is -2.09. The van der Waals surface area contributed by atoms with Crippen molar-refractivity contribution >= 4 is 33.1 Å². The van der Waals surface area contributed by atoms with Crippen molar-refractivity contribution in [1.82, 2.24) is 15.0 Å². The monoisotopic (exact) mass is 534 g/mol. The van der Waals surface area contributed by atoms with Crippen LogP contribution in [0.2, 0.25) is 5.28 Å². The van der Waals surface area contributed by atoms with Crippen LogP contribution in [-0.4, -0.2) is 15.0 Å². The minimum absolute atomic E-state index is 0.0521. The third-order valence-electron chi connectivity index (χ3n) is 5.98. The Morgan fingerprint density at radius 1 is 0.462 bits per heavy atom. The molecule has 7 rings (SSSR count). The first-order chi connectivity index (χ1) is 25.4. The predicted molar refractivity (Wildman–Crippen MR) is 162 cm³/mol. The molecule has 0 aliphatic rings. The quantitative estimate of drug-likeness (QED) is 0.225. The Kier molecular flexibility index (Phi) is 3.09. The summed E-state index contributed by atoms with van der Waals surface area (Å²) in [7, 11) is 0. The number of fused-ring (bicyclic) bond motifs is 2. The molecule has 0 atom stereocenters. The minimum Gasteiger partial charge on any atom is -0.208 e. The number of hydrogen-bond donors (Lipinski definition) is 0. The highest BCUT2D eigenvalue weighted by atomic mass is 35.5. The van der Waals surface area contributed by atoms with E-state index in [2.05, 4.69) is 15.0 Å². The smallest absolute Gasteiger partial charge is 0.208 e. The molecule has 1 heterocycles. The van der Waals surface area contributed by atoms with Gasteiger partial charge in [-0.15, -0.1) is 0 Å². The topological polar surface area (TPSA) is 38.7 Å². The lowest BCUT2D eigenvalue weighted by molar-refractivity contribution is 1.07. The first-order valence-electron chi connectivity index (χ1n) is 19.1. The molecule has 0 bridgehead atoms. The molecule has 1 aromatic heterocycles. The number of hydrogen-bond acceptors (Lipinski definition) is 3. The number of rotatable bonds is 4. The highest BCUT2D eigenvalue weighted by Gasteiger charge is 2.12. The number of aromatic nitrogens is 3. The van der Waals surface area contributed by atoms with Crippen molar-refractivity contribution in [2.45, 2.75) is 0 Å². The van der Waals surface area contributed by atoms with Crippen LogP contribution in [0.4, 0.5) is 0 Å². The summed E-state index contributed by atoms with van der Waals surface area (Å²) in [5.41, 5.74) is 0.167. The number of halogens is 1. The first-order valence-corrected chi connectivity index (χ1v) is 12.0. The van der Waals surface area contributed by atoms with Gasteiger partial charge in [0.15, 0.2) is 11.6 Å². The van der Waals surface area contributed by atoms with Crippen LogP contribution >= 0.6 is 11.6 Å². The van der Waals surface area contributed by atoms with E-state index in [1.165, 1.54) is 0 Å². The van der Waals surface area contributed by atoms with Gasteiger partial charge in [0.1, 0.15) is 0 Å². The molecule has 3 nitrogen and oxygen atoms in total. The van der Waals surface area contributed by atoms with Crippen molar-refractivity contribution in [3.05, 3.63) is 138 Å². The van der Waals surface area contributed by atoms with E-state index < -0.39 is 78.6 Å². The van der Waals surface area contributed by atoms with Gasteiger partial charge in [-0.1, -0.05) is 121 Å². The summed E-state index contributed by atoms with van der Waals surface area (Å²) >= 11 is 6.33. The van der Waals surface area contributed by atoms with E-state index in [-0.39, 0.29) is 62.0 Å². The molecular weight excluding hydrogens is 498 g/mol. The average molecular weight is 535 g/mol. The summed E-state index contributed by atoms with van der Waals surface area (Å²) in [6.07, 6.45) is 0. The maximum Gasteiger partial charge on any atom is 0.226 e. The largest absolute Gasteiger partial charge is 0.226 e. The van der Waals surface area contributed by atoms with Gasteiger partial charge in [0, 0.05) is 11.1 Å². The molecule has 0 N–H and O–H groups in total. The summed E-state index contributed by atoms with van der Waals surface area (Å²) in [6, 6.07) is 3.31. The van der Waals surface area contributed by atoms with Gasteiger partial charge in [0.2, 0.25) is 5.28 Å². The number of nitrogens with zero attached hydrogens (tertiary/aromatic N) is 3. The second kappa shape index (κ2) is 9.79. The second-order valence-electron chi connectivity index (χ2n) is 8.36.